The number of unbranched alkanes of at least 4 members (excludes halogenated alkanes) is 1. The predicted octanol–water partition coefficient (Wildman–Crippen LogP) is 5.04. The maximum absolute atomic E-state index is 13.4. The second-order valence-corrected chi connectivity index (χ2v) is 12.3. The van der Waals surface area contributed by atoms with Crippen molar-refractivity contribution in [1.82, 2.24) is 0 Å². The molecule has 4 saturated carbocycles. The average Bonchev–Trinajstić information content (AvgIpc) is 2.67. The van der Waals surface area contributed by atoms with E-state index < -0.39 is 45.7 Å². The van der Waals surface area contributed by atoms with Gasteiger partial charge in [-0.2, -0.15) is 17.6 Å². The second kappa shape index (κ2) is 9.35. The SMILES string of the molecule is C=C(COCCCCC(F)(F)C(F)(F)S(=O)(=O)[O-])C(=O)OC(C)(C)C12CC3CC(CC(C3)C1)C2. The third-order valence-corrected chi connectivity index (χ3v) is 8.92. The fourth-order valence-electron chi connectivity index (χ4n) is 6.39. The molecule has 0 aromatic carbocycles. The van der Waals surface area contributed by atoms with Gasteiger partial charge in [0.1, 0.15) is 5.60 Å². The third-order valence-electron chi connectivity index (χ3n) is 8.00. The van der Waals surface area contributed by atoms with Gasteiger partial charge < -0.3 is 14.0 Å². The first kappa shape index (κ1) is 27.4. The number of rotatable bonds is 12. The lowest BCUT2D eigenvalue weighted by molar-refractivity contribution is -0.195. The third kappa shape index (κ3) is 5.31. The zero-order chi connectivity index (χ0) is 25.6. The summed E-state index contributed by atoms with van der Waals surface area (Å²) in [7, 11) is -6.49. The number of halogens is 4. The zero-order valence-corrected chi connectivity index (χ0v) is 20.4. The van der Waals surface area contributed by atoms with Gasteiger partial charge in [-0.1, -0.05) is 6.58 Å². The summed E-state index contributed by atoms with van der Waals surface area (Å²) in [4.78, 5) is 12.6. The van der Waals surface area contributed by atoms with Gasteiger partial charge in [0.25, 0.3) is 0 Å². The molecule has 0 amide bonds. The number of carbonyl (C=O) groups is 1. The minimum Gasteiger partial charge on any atom is -0.743 e. The van der Waals surface area contributed by atoms with Gasteiger partial charge >= 0.3 is 17.1 Å². The van der Waals surface area contributed by atoms with E-state index in [1.165, 1.54) is 19.3 Å². The quantitative estimate of drug-likeness (QED) is 0.119. The number of ether oxygens (including phenoxy) is 2. The van der Waals surface area contributed by atoms with Gasteiger partial charge in [0.2, 0.25) is 0 Å². The maximum atomic E-state index is 13.4. The summed E-state index contributed by atoms with van der Waals surface area (Å²) in [5.74, 6) is -3.50. The minimum atomic E-state index is -6.49. The van der Waals surface area contributed by atoms with Crippen LogP contribution in [0, 0.1) is 23.2 Å². The lowest BCUT2D eigenvalue weighted by Crippen LogP contribution is -2.57. The van der Waals surface area contributed by atoms with E-state index in [1.807, 2.05) is 13.8 Å². The highest BCUT2D eigenvalue weighted by Crippen LogP contribution is 2.64. The molecule has 0 unspecified atom stereocenters. The topological polar surface area (TPSA) is 92.7 Å². The summed E-state index contributed by atoms with van der Waals surface area (Å²) < 4.78 is 95.3. The smallest absolute Gasteiger partial charge is 0.396 e. The van der Waals surface area contributed by atoms with Crippen molar-refractivity contribution in [1.29, 1.82) is 0 Å². The molecule has 0 aromatic heterocycles. The molecule has 4 rings (SSSR count). The molecule has 0 spiro atoms. The Morgan fingerprint density at radius 3 is 2.00 bits per heavy atom. The lowest BCUT2D eigenvalue weighted by atomic mass is 9.46. The van der Waals surface area contributed by atoms with Crippen LogP contribution in [0.25, 0.3) is 0 Å². The van der Waals surface area contributed by atoms with E-state index in [4.69, 9.17) is 9.47 Å². The van der Waals surface area contributed by atoms with Crippen LogP contribution in [0.3, 0.4) is 0 Å². The van der Waals surface area contributed by atoms with Gasteiger partial charge in [-0.25, -0.2) is 13.2 Å². The molecular formula is C23H33F4O6S-. The first-order chi connectivity index (χ1) is 15.5. The highest BCUT2D eigenvalue weighted by Gasteiger charge is 2.61. The summed E-state index contributed by atoms with van der Waals surface area (Å²) in [5.41, 5.74) is -0.641. The molecule has 4 aliphatic carbocycles. The molecular weight excluding hydrogens is 480 g/mol. The highest BCUT2D eigenvalue weighted by molar-refractivity contribution is 7.86. The first-order valence-electron chi connectivity index (χ1n) is 11.7. The van der Waals surface area contributed by atoms with Crippen molar-refractivity contribution in [2.24, 2.45) is 23.2 Å². The van der Waals surface area contributed by atoms with Crippen LogP contribution in [0.4, 0.5) is 17.6 Å². The van der Waals surface area contributed by atoms with E-state index in [-0.39, 0.29) is 30.6 Å². The Hall–Kier alpha value is -1.20. The van der Waals surface area contributed by atoms with Crippen molar-refractivity contribution < 1.29 is 44.8 Å². The molecule has 0 N–H and O–H groups in total. The summed E-state index contributed by atoms with van der Waals surface area (Å²) in [6.45, 7) is 7.23. The molecule has 0 aliphatic heterocycles. The van der Waals surface area contributed by atoms with Crippen molar-refractivity contribution in [2.75, 3.05) is 13.2 Å². The fourth-order valence-corrected chi connectivity index (χ4v) is 6.86. The number of hydrogen-bond acceptors (Lipinski definition) is 6. The average molecular weight is 514 g/mol. The van der Waals surface area contributed by atoms with Gasteiger partial charge in [-0.15, -0.1) is 0 Å². The van der Waals surface area contributed by atoms with Crippen LogP contribution in [-0.2, 0) is 24.4 Å². The number of hydrogen-bond donors (Lipinski definition) is 0. The molecule has 11 heteroatoms. The van der Waals surface area contributed by atoms with Crippen LogP contribution >= 0.6 is 0 Å². The Labute approximate surface area is 198 Å². The fraction of sp³-hybridized carbons (Fsp3) is 0.870. The molecule has 0 saturated heterocycles. The van der Waals surface area contributed by atoms with E-state index in [1.54, 1.807) is 0 Å². The lowest BCUT2D eigenvalue weighted by Gasteiger charge is -2.61. The Morgan fingerprint density at radius 2 is 1.53 bits per heavy atom. The van der Waals surface area contributed by atoms with Gasteiger partial charge in [-0.3, -0.25) is 0 Å². The number of alkyl halides is 4. The molecule has 0 heterocycles. The van der Waals surface area contributed by atoms with Crippen molar-refractivity contribution in [2.45, 2.75) is 88.4 Å². The normalized spacial score (nSPS) is 29.3. The van der Waals surface area contributed by atoms with Crippen molar-refractivity contribution in [3.05, 3.63) is 12.2 Å². The van der Waals surface area contributed by atoms with Gasteiger partial charge in [0.05, 0.1) is 12.2 Å². The van der Waals surface area contributed by atoms with Crippen LogP contribution in [-0.4, -0.2) is 48.9 Å². The number of carbonyl (C=O) groups excluding carboxylic acids is 1. The van der Waals surface area contributed by atoms with Crippen LogP contribution in [0.5, 0.6) is 0 Å². The summed E-state index contributed by atoms with van der Waals surface area (Å²) in [6.07, 6.45) is 4.85. The minimum absolute atomic E-state index is 0.0383. The predicted molar refractivity (Wildman–Crippen MR) is 114 cm³/mol. The van der Waals surface area contributed by atoms with Gasteiger partial charge in [-0.05, 0) is 83.0 Å². The van der Waals surface area contributed by atoms with E-state index in [9.17, 15) is 35.3 Å². The maximum Gasteiger partial charge on any atom is 0.396 e. The summed E-state index contributed by atoms with van der Waals surface area (Å²) in [5, 5.41) is -5.68. The molecule has 0 atom stereocenters. The van der Waals surface area contributed by atoms with Crippen molar-refractivity contribution in [3.63, 3.8) is 0 Å². The molecule has 0 radical (unpaired) electrons. The van der Waals surface area contributed by atoms with E-state index in [2.05, 4.69) is 6.58 Å². The zero-order valence-electron chi connectivity index (χ0n) is 19.6. The van der Waals surface area contributed by atoms with Gasteiger partial charge in [0, 0.05) is 18.4 Å². The Morgan fingerprint density at radius 1 is 1.03 bits per heavy atom. The van der Waals surface area contributed by atoms with Crippen molar-refractivity contribution >= 4 is 16.1 Å². The highest BCUT2D eigenvalue weighted by atomic mass is 32.2. The van der Waals surface area contributed by atoms with Crippen LogP contribution in [0.2, 0.25) is 0 Å². The standard InChI is InChI=1S/C23H34F4O6S/c1-15(14-32-7-5-4-6-22(24,25)23(26,27)34(29,30)31)19(28)33-20(2,3)21-11-16-8-17(12-21)10-18(9-16)13-21/h16-18H,1,4-14H2,2-3H3,(H,29,30,31)/p-1. The largest absolute Gasteiger partial charge is 0.743 e. The Bertz CT molecular complexity index is 864. The molecule has 4 aliphatic rings. The molecule has 0 aromatic rings. The summed E-state index contributed by atoms with van der Waals surface area (Å²) >= 11 is 0. The van der Waals surface area contributed by atoms with Crippen LogP contribution < -0.4 is 0 Å². The van der Waals surface area contributed by atoms with E-state index in [0.717, 1.165) is 19.3 Å². The van der Waals surface area contributed by atoms with Crippen molar-refractivity contribution in [3.8, 4) is 0 Å². The Balaban J connectivity index is 1.41. The monoisotopic (exact) mass is 513 g/mol. The molecule has 6 nitrogen and oxygen atoms in total. The van der Waals surface area contributed by atoms with E-state index in [0.29, 0.717) is 17.8 Å². The first-order valence-corrected chi connectivity index (χ1v) is 13.1. The molecule has 4 bridgehead atoms. The van der Waals surface area contributed by atoms with Crippen LogP contribution in [0.1, 0.15) is 71.6 Å². The molecule has 196 valence electrons. The van der Waals surface area contributed by atoms with Crippen LogP contribution in [0.15, 0.2) is 12.2 Å². The Kier molecular flexibility index (Phi) is 7.53. The second-order valence-electron chi connectivity index (χ2n) is 10.9. The molecule has 4 fully saturated rings. The molecule has 34 heavy (non-hydrogen) atoms. The number of esters is 1. The van der Waals surface area contributed by atoms with Gasteiger partial charge in [0.15, 0.2) is 10.1 Å². The van der Waals surface area contributed by atoms with E-state index >= 15 is 0 Å². The summed E-state index contributed by atoms with van der Waals surface area (Å²) in [6, 6.07) is 0.